The first-order valence-corrected chi connectivity index (χ1v) is 8.18. The minimum absolute atomic E-state index is 0.248. The first-order valence-electron chi connectivity index (χ1n) is 8.18. The predicted molar refractivity (Wildman–Crippen MR) is 86.0 cm³/mol. The van der Waals surface area contributed by atoms with Crippen molar-refractivity contribution >= 4 is 5.82 Å². The molecule has 1 saturated heterocycles. The van der Waals surface area contributed by atoms with Crippen LogP contribution in [0.25, 0.3) is 0 Å². The second-order valence-corrected chi connectivity index (χ2v) is 6.46. The van der Waals surface area contributed by atoms with E-state index in [0.29, 0.717) is 12.0 Å². The van der Waals surface area contributed by atoms with Crippen molar-refractivity contribution < 1.29 is 4.39 Å². The quantitative estimate of drug-likeness (QED) is 0.810. The summed E-state index contributed by atoms with van der Waals surface area (Å²) in [5.41, 5.74) is 1.43. The van der Waals surface area contributed by atoms with E-state index in [1.807, 2.05) is 0 Å². The zero-order valence-corrected chi connectivity index (χ0v) is 13.6. The van der Waals surface area contributed by atoms with Gasteiger partial charge in [0.15, 0.2) is 0 Å². The van der Waals surface area contributed by atoms with Crippen molar-refractivity contribution in [3.8, 4) is 0 Å². The number of nitrogens with zero attached hydrogens (tertiary/aromatic N) is 2. The van der Waals surface area contributed by atoms with Crippen molar-refractivity contribution in [3.05, 3.63) is 23.6 Å². The molecule has 1 aliphatic heterocycles. The van der Waals surface area contributed by atoms with E-state index < -0.39 is 0 Å². The second kappa shape index (κ2) is 7.21. The average Bonchev–Trinajstić information content (AvgIpc) is 2.49. The molecule has 1 N–H and O–H groups in total. The highest BCUT2D eigenvalue weighted by Crippen LogP contribution is 2.35. The summed E-state index contributed by atoms with van der Waals surface area (Å²) in [6.07, 6.45) is 6.01. The van der Waals surface area contributed by atoms with Crippen molar-refractivity contribution in [2.75, 3.05) is 24.5 Å². The Kier molecular flexibility index (Phi) is 5.57. The van der Waals surface area contributed by atoms with Crippen LogP contribution in [0, 0.1) is 11.2 Å². The molecule has 0 saturated carbocycles. The van der Waals surface area contributed by atoms with Crippen LogP contribution in [0.3, 0.4) is 0 Å². The average molecular weight is 293 g/mol. The van der Waals surface area contributed by atoms with Gasteiger partial charge in [-0.2, -0.15) is 0 Å². The van der Waals surface area contributed by atoms with Crippen molar-refractivity contribution in [2.24, 2.45) is 5.41 Å². The minimum Gasteiger partial charge on any atom is -0.356 e. The molecule has 3 nitrogen and oxygen atoms in total. The zero-order valence-electron chi connectivity index (χ0n) is 13.6. The van der Waals surface area contributed by atoms with E-state index >= 15 is 0 Å². The smallest absolute Gasteiger partial charge is 0.141 e. The number of aromatic nitrogens is 1. The number of pyridine rings is 1. The lowest BCUT2D eigenvalue weighted by molar-refractivity contribution is 0.237. The van der Waals surface area contributed by atoms with Crippen LogP contribution in [0.15, 0.2) is 12.3 Å². The van der Waals surface area contributed by atoms with Crippen molar-refractivity contribution in [1.29, 1.82) is 0 Å². The summed E-state index contributed by atoms with van der Waals surface area (Å²) in [6.45, 7) is 10.4. The molecule has 4 heteroatoms. The Morgan fingerprint density at radius 2 is 2.05 bits per heavy atom. The third-order valence-corrected chi connectivity index (χ3v) is 4.78. The molecule has 118 valence electrons. The normalized spacial score (nSPS) is 18.0. The van der Waals surface area contributed by atoms with E-state index in [1.165, 1.54) is 25.5 Å². The summed E-state index contributed by atoms with van der Waals surface area (Å²) in [6, 6.07) is 1.62. The summed E-state index contributed by atoms with van der Waals surface area (Å²) in [5.74, 6) is 0.709. The predicted octanol–water partition coefficient (Wildman–Crippen LogP) is 3.74. The Morgan fingerprint density at radius 3 is 2.67 bits per heavy atom. The van der Waals surface area contributed by atoms with Crippen molar-refractivity contribution in [3.63, 3.8) is 0 Å². The van der Waals surface area contributed by atoms with Crippen LogP contribution in [0.2, 0.25) is 0 Å². The highest BCUT2D eigenvalue weighted by atomic mass is 19.1. The second-order valence-electron chi connectivity index (χ2n) is 6.46. The molecule has 0 atom stereocenters. The number of hydrogen-bond donors (Lipinski definition) is 1. The largest absolute Gasteiger partial charge is 0.356 e. The number of piperidine rings is 1. The molecule has 0 amide bonds. The molecular formula is C17H28FN3. The minimum atomic E-state index is -0.248. The number of halogens is 1. The van der Waals surface area contributed by atoms with Crippen LogP contribution >= 0.6 is 0 Å². The summed E-state index contributed by atoms with van der Waals surface area (Å²) < 4.78 is 13.5. The van der Waals surface area contributed by atoms with E-state index in [2.05, 4.69) is 36.0 Å². The molecule has 21 heavy (non-hydrogen) atoms. The van der Waals surface area contributed by atoms with Crippen molar-refractivity contribution in [1.82, 2.24) is 10.3 Å². The molecule has 0 aromatic carbocycles. The Hall–Kier alpha value is -1.16. The lowest BCUT2D eigenvalue weighted by atomic mass is 9.78. The first-order chi connectivity index (χ1) is 10.1. The molecule has 0 unspecified atom stereocenters. The lowest BCUT2D eigenvalue weighted by Crippen LogP contribution is -2.39. The SMILES string of the molecule is CCCNCc1cc(F)cnc1N1CCC(C)(CC)CC1. The van der Waals surface area contributed by atoms with Crippen LogP contribution in [-0.4, -0.2) is 24.6 Å². The van der Waals surface area contributed by atoms with Crippen molar-refractivity contribution in [2.45, 2.75) is 53.0 Å². The van der Waals surface area contributed by atoms with Gasteiger partial charge in [-0.25, -0.2) is 9.37 Å². The fourth-order valence-electron chi connectivity index (χ4n) is 2.90. The maximum Gasteiger partial charge on any atom is 0.141 e. The summed E-state index contributed by atoms with van der Waals surface area (Å²) >= 11 is 0. The molecule has 2 rings (SSSR count). The highest BCUT2D eigenvalue weighted by molar-refractivity contribution is 5.47. The summed E-state index contributed by atoms with van der Waals surface area (Å²) in [4.78, 5) is 6.68. The van der Waals surface area contributed by atoms with Gasteiger partial charge in [-0.1, -0.05) is 27.2 Å². The molecule has 0 aliphatic carbocycles. The monoisotopic (exact) mass is 293 g/mol. The van der Waals surface area contributed by atoms with Crippen LogP contribution < -0.4 is 10.2 Å². The maximum atomic E-state index is 13.5. The summed E-state index contributed by atoms with van der Waals surface area (Å²) in [5, 5.41) is 3.35. The number of hydrogen-bond acceptors (Lipinski definition) is 3. The molecule has 0 radical (unpaired) electrons. The molecule has 1 aromatic rings. The van der Waals surface area contributed by atoms with E-state index in [-0.39, 0.29) is 5.82 Å². The Morgan fingerprint density at radius 1 is 1.33 bits per heavy atom. The third-order valence-electron chi connectivity index (χ3n) is 4.78. The van der Waals surface area contributed by atoms with Gasteiger partial charge in [0, 0.05) is 25.2 Å². The van der Waals surface area contributed by atoms with Gasteiger partial charge in [0.1, 0.15) is 11.6 Å². The Balaban J connectivity index is 2.08. The topological polar surface area (TPSA) is 28.2 Å². The van der Waals surface area contributed by atoms with E-state index in [0.717, 1.165) is 37.4 Å². The van der Waals surface area contributed by atoms with Crippen LogP contribution in [0.1, 0.15) is 52.0 Å². The lowest BCUT2D eigenvalue weighted by Gasteiger charge is -2.40. The van der Waals surface area contributed by atoms with Crippen LogP contribution in [0.4, 0.5) is 10.2 Å². The molecule has 0 bridgehead atoms. The van der Waals surface area contributed by atoms with Gasteiger partial charge < -0.3 is 10.2 Å². The van der Waals surface area contributed by atoms with Gasteiger partial charge in [0.25, 0.3) is 0 Å². The number of nitrogens with one attached hydrogen (secondary N) is 1. The van der Waals surface area contributed by atoms with Crippen LogP contribution in [-0.2, 0) is 6.54 Å². The van der Waals surface area contributed by atoms with Crippen LogP contribution in [0.5, 0.6) is 0 Å². The third kappa shape index (κ3) is 4.16. The number of rotatable bonds is 6. The van der Waals surface area contributed by atoms with E-state index in [9.17, 15) is 4.39 Å². The highest BCUT2D eigenvalue weighted by Gasteiger charge is 2.29. The fourth-order valence-corrected chi connectivity index (χ4v) is 2.90. The first kappa shape index (κ1) is 16.2. The van der Waals surface area contributed by atoms with Gasteiger partial charge in [-0.05, 0) is 37.3 Å². The van der Waals surface area contributed by atoms with Gasteiger partial charge in [0.05, 0.1) is 6.20 Å². The van der Waals surface area contributed by atoms with E-state index in [1.54, 1.807) is 6.07 Å². The van der Waals surface area contributed by atoms with Gasteiger partial charge in [-0.3, -0.25) is 0 Å². The molecule has 1 aromatic heterocycles. The van der Waals surface area contributed by atoms with Gasteiger partial charge in [-0.15, -0.1) is 0 Å². The summed E-state index contributed by atoms with van der Waals surface area (Å²) in [7, 11) is 0. The molecule has 2 heterocycles. The Bertz CT molecular complexity index is 453. The molecule has 1 fully saturated rings. The molecular weight excluding hydrogens is 265 g/mol. The Labute approximate surface area is 127 Å². The number of anilines is 1. The fraction of sp³-hybridized carbons (Fsp3) is 0.706. The van der Waals surface area contributed by atoms with Gasteiger partial charge >= 0.3 is 0 Å². The molecule has 1 aliphatic rings. The van der Waals surface area contributed by atoms with Gasteiger partial charge in [0.2, 0.25) is 0 Å². The van der Waals surface area contributed by atoms with E-state index in [4.69, 9.17) is 0 Å². The maximum absolute atomic E-state index is 13.5. The standard InChI is InChI=1S/C17H28FN3/c1-4-8-19-12-14-11-15(18)13-20-16(14)21-9-6-17(3,5-2)7-10-21/h11,13,19H,4-10,12H2,1-3H3. The molecule has 0 spiro atoms. The zero-order chi connectivity index (χ0) is 15.3.